The highest BCUT2D eigenvalue weighted by atomic mass is 16.6. The number of aliphatic imine (C=N–C) groups is 1. The van der Waals surface area contributed by atoms with Crippen LogP contribution in [0.25, 0.3) is 0 Å². The van der Waals surface area contributed by atoms with E-state index in [4.69, 9.17) is 14.7 Å². The van der Waals surface area contributed by atoms with Crippen LogP contribution in [0.5, 0.6) is 0 Å². The summed E-state index contributed by atoms with van der Waals surface area (Å²) in [5.41, 5.74) is -0.129. The number of rotatable bonds is 9. The van der Waals surface area contributed by atoms with Gasteiger partial charge in [0.1, 0.15) is 17.4 Å². The van der Waals surface area contributed by atoms with E-state index in [1.54, 1.807) is 12.2 Å². The van der Waals surface area contributed by atoms with E-state index >= 15 is 0 Å². The van der Waals surface area contributed by atoms with Gasteiger partial charge in [0, 0.05) is 13.2 Å². The molecule has 0 radical (unpaired) electrons. The third kappa shape index (κ3) is 12.9. The summed E-state index contributed by atoms with van der Waals surface area (Å²) in [6.45, 7) is 12.2. The van der Waals surface area contributed by atoms with Gasteiger partial charge in [-0.2, -0.15) is 5.26 Å². The van der Waals surface area contributed by atoms with E-state index in [1.165, 1.54) is 0 Å². The Kier molecular flexibility index (Phi) is 11.2. The Hall–Kier alpha value is -2.13. The highest BCUT2D eigenvalue weighted by molar-refractivity contribution is 6.07. The molecule has 0 saturated heterocycles. The van der Waals surface area contributed by atoms with Crippen LogP contribution >= 0.6 is 0 Å². The predicted octanol–water partition coefficient (Wildman–Crippen LogP) is 3.79. The Morgan fingerprint density at radius 3 is 2.56 bits per heavy atom. The lowest BCUT2D eigenvalue weighted by molar-refractivity contribution is 0.0448. The quantitative estimate of drug-likeness (QED) is 0.390. The normalized spacial score (nSPS) is 15.2. The molecule has 0 rings (SSSR count). The molecule has 140 valence electrons. The number of carbonyl (C=O) groups excluding carboxylic acids is 1. The fourth-order valence-corrected chi connectivity index (χ4v) is 1.68. The molecule has 0 aromatic rings. The monoisotopic (exact) mass is 349 g/mol. The van der Waals surface area contributed by atoms with Crippen LogP contribution in [0.3, 0.4) is 0 Å². The molecule has 0 saturated carbocycles. The van der Waals surface area contributed by atoms with Crippen molar-refractivity contribution in [3.63, 3.8) is 0 Å². The van der Waals surface area contributed by atoms with Gasteiger partial charge in [-0.1, -0.05) is 18.2 Å². The molecule has 0 aliphatic rings. The third-order valence-corrected chi connectivity index (χ3v) is 3.06. The van der Waals surface area contributed by atoms with Crippen molar-refractivity contribution in [1.29, 1.82) is 5.26 Å². The van der Waals surface area contributed by atoms with Gasteiger partial charge >= 0.3 is 6.09 Å². The minimum atomic E-state index is -0.498. The van der Waals surface area contributed by atoms with Crippen molar-refractivity contribution < 1.29 is 14.3 Å². The highest BCUT2D eigenvalue weighted by Crippen LogP contribution is 2.07. The molecule has 0 fully saturated rings. The maximum atomic E-state index is 11.5. The van der Waals surface area contributed by atoms with E-state index in [-0.39, 0.29) is 12.1 Å². The second-order valence-corrected chi connectivity index (χ2v) is 6.61. The first-order chi connectivity index (χ1) is 11.7. The topological polar surface area (TPSA) is 83.7 Å². The maximum absolute atomic E-state index is 11.5. The zero-order valence-electron chi connectivity index (χ0n) is 16.2. The summed E-state index contributed by atoms with van der Waals surface area (Å²) in [4.78, 5) is 15.8. The van der Waals surface area contributed by atoms with Crippen molar-refractivity contribution in [3.05, 3.63) is 24.3 Å². The lowest BCUT2D eigenvalue weighted by atomic mass is 10.2. The second kappa shape index (κ2) is 12.3. The molecule has 1 amide bonds. The second-order valence-electron chi connectivity index (χ2n) is 6.61. The number of amides is 1. The number of ether oxygens (including phenoxy) is 2. The number of carbonyl (C=O) groups is 1. The summed E-state index contributed by atoms with van der Waals surface area (Å²) in [7, 11) is 0. The molecule has 0 spiro atoms. The average Bonchev–Trinajstić information content (AvgIpc) is 2.51. The minimum Gasteiger partial charge on any atom is -0.444 e. The minimum absolute atomic E-state index is 0.125. The molecule has 0 aromatic carbocycles. The van der Waals surface area contributed by atoms with Crippen LogP contribution in [0.1, 0.15) is 48.0 Å². The fourth-order valence-electron chi connectivity index (χ4n) is 1.68. The fraction of sp³-hybridized carbons (Fsp3) is 0.632. The molecule has 1 unspecified atom stereocenters. The standard InChI is InChI=1S/C19H31N3O3/c1-7-8-9-11-17(14-20)22-15(2)16(3)24-13-10-12-21-18(23)25-19(4,5)6/h7-9,11,15-16H,10,12-13H2,1-6H3,(H,21,23)/b8-7+,11-9-,22-17+/t15-,16?/m1/s1. The van der Waals surface area contributed by atoms with E-state index < -0.39 is 11.7 Å². The van der Waals surface area contributed by atoms with E-state index in [9.17, 15) is 4.79 Å². The predicted molar refractivity (Wildman–Crippen MR) is 101 cm³/mol. The first-order valence-corrected chi connectivity index (χ1v) is 8.55. The largest absolute Gasteiger partial charge is 0.444 e. The summed E-state index contributed by atoms with van der Waals surface area (Å²) in [6.07, 6.45) is 7.30. The van der Waals surface area contributed by atoms with Crippen LogP contribution in [0.15, 0.2) is 29.3 Å². The van der Waals surface area contributed by atoms with Crippen LogP contribution in [-0.2, 0) is 9.47 Å². The van der Waals surface area contributed by atoms with Crippen molar-refractivity contribution >= 4 is 11.8 Å². The number of nitrogens with one attached hydrogen (secondary N) is 1. The average molecular weight is 349 g/mol. The molecule has 2 atom stereocenters. The zero-order chi connectivity index (χ0) is 19.3. The molecule has 0 heterocycles. The lowest BCUT2D eigenvalue weighted by Crippen LogP contribution is -2.33. The number of nitrogens with zero attached hydrogens (tertiary/aromatic N) is 2. The molecule has 0 aromatic heterocycles. The molecule has 0 bridgehead atoms. The number of hydrogen-bond acceptors (Lipinski definition) is 5. The third-order valence-electron chi connectivity index (χ3n) is 3.06. The van der Waals surface area contributed by atoms with Gasteiger partial charge in [-0.25, -0.2) is 4.79 Å². The van der Waals surface area contributed by atoms with Gasteiger partial charge in [0.2, 0.25) is 0 Å². The first-order valence-electron chi connectivity index (χ1n) is 8.55. The van der Waals surface area contributed by atoms with Crippen LogP contribution in [-0.4, -0.2) is 42.7 Å². The van der Waals surface area contributed by atoms with Crippen molar-refractivity contribution in [3.8, 4) is 6.07 Å². The molecule has 0 aliphatic carbocycles. The summed E-state index contributed by atoms with van der Waals surface area (Å²) in [6, 6.07) is 1.93. The van der Waals surface area contributed by atoms with Crippen molar-refractivity contribution in [2.24, 2.45) is 4.99 Å². The Balaban J connectivity index is 4.15. The summed E-state index contributed by atoms with van der Waals surface area (Å²) < 4.78 is 10.9. The van der Waals surface area contributed by atoms with E-state index in [0.717, 1.165) is 0 Å². The molecular weight excluding hydrogens is 318 g/mol. The van der Waals surface area contributed by atoms with Gasteiger partial charge in [-0.3, -0.25) is 4.99 Å². The van der Waals surface area contributed by atoms with Crippen molar-refractivity contribution in [1.82, 2.24) is 5.32 Å². The smallest absolute Gasteiger partial charge is 0.407 e. The summed E-state index contributed by atoms with van der Waals surface area (Å²) in [5, 5.41) is 11.8. The molecular formula is C19H31N3O3. The number of hydrogen-bond donors (Lipinski definition) is 1. The van der Waals surface area contributed by atoms with Gasteiger partial charge in [0.05, 0.1) is 12.1 Å². The highest BCUT2D eigenvalue weighted by Gasteiger charge is 2.15. The van der Waals surface area contributed by atoms with Crippen LogP contribution in [0.2, 0.25) is 0 Å². The van der Waals surface area contributed by atoms with Gasteiger partial charge in [-0.05, 0) is 54.0 Å². The lowest BCUT2D eigenvalue weighted by Gasteiger charge is -2.20. The van der Waals surface area contributed by atoms with E-state index in [0.29, 0.717) is 25.3 Å². The summed E-state index contributed by atoms with van der Waals surface area (Å²) in [5.74, 6) is 0. The van der Waals surface area contributed by atoms with Gasteiger partial charge in [-0.15, -0.1) is 0 Å². The Labute approximate surface area is 151 Å². The first kappa shape index (κ1) is 22.9. The molecule has 0 aliphatic heterocycles. The van der Waals surface area contributed by atoms with Gasteiger partial charge in [0.15, 0.2) is 0 Å². The number of alkyl carbamates (subject to hydrolysis) is 1. The van der Waals surface area contributed by atoms with Crippen LogP contribution in [0.4, 0.5) is 4.79 Å². The SMILES string of the molecule is C/C=C/C=C\C(C#N)=N/[C@H](C)C(C)OCCCNC(=O)OC(C)(C)C. The summed E-state index contributed by atoms with van der Waals surface area (Å²) >= 11 is 0. The zero-order valence-corrected chi connectivity index (χ0v) is 16.2. The Morgan fingerprint density at radius 1 is 1.32 bits per heavy atom. The van der Waals surface area contributed by atoms with E-state index in [2.05, 4.69) is 16.4 Å². The van der Waals surface area contributed by atoms with Crippen molar-refractivity contribution in [2.45, 2.75) is 65.7 Å². The number of allylic oxidation sites excluding steroid dienone is 4. The number of nitriles is 1. The Bertz CT molecular complexity index is 525. The van der Waals surface area contributed by atoms with E-state index in [1.807, 2.05) is 53.7 Å². The maximum Gasteiger partial charge on any atom is 0.407 e. The molecule has 6 heteroatoms. The molecule has 1 N–H and O–H groups in total. The molecule has 6 nitrogen and oxygen atoms in total. The van der Waals surface area contributed by atoms with Gasteiger partial charge < -0.3 is 14.8 Å². The van der Waals surface area contributed by atoms with Crippen LogP contribution < -0.4 is 5.32 Å². The van der Waals surface area contributed by atoms with Gasteiger partial charge in [0.25, 0.3) is 0 Å². The van der Waals surface area contributed by atoms with Crippen molar-refractivity contribution in [2.75, 3.05) is 13.2 Å². The molecule has 25 heavy (non-hydrogen) atoms. The van der Waals surface area contributed by atoms with Crippen LogP contribution in [0, 0.1) is 11.3 Å². The Morgan fingerprint density at radius 2 is 2.00 bits per heavy atom.